The number of hydrogen-bond donors (Lipinski definition) is 0. The van der Waals surface area contributed by atoms with Crippen molar-refractivity contribution in [2.45, 2.75) is 48.0 Å². The van der Waals surface area contributed by atoms with E-state index in [4.69, 9.17) is 0 Å². The maximum atomic E-state index is 15.4. The van der Waals surface area contributed by atoms with E-state index in [0.29, 0.717) is 0 Å². The molecule has 0 aliphatic carbocycles. The van der Waals surface area contributed by atoms with Gasteiger partial charge in [-0.05, 0) is 31.1 Å². The van der Waals surface area contributed by atoms with Crippen LogP contribution < -0.4 is 0 Å². The van der Waals surface area contributed by atoms with Crippen LogP contribution >= 0.6 is 0 Å². The Morgan fingerprint density at radius 1 is 0.686 bits per heavy atom. The Labute approximate surface area is 196 Å². The molecule has 0 aromatic carbocycles. The van der Waals surface area contributed by atoms with Gasteiger partial charge in [-0.3, -0.25) is 4.79 Å². The van der Waals surface area contributed by atoms with Crippen LogP contribution in [0.4, 0.5) is 35.5 Å². The molecule has 202 valence electrons. The van der Waals surface area contributed by atoms with Gasteiger partial charge in [0.05, 0.1) is 0 Å². The molecule has 0 spiro atoms. The molecule has 0 bridgehead atoms. The first kappa shape index (κ1) is 32.9. The standard InChI is InChI=1S/C18H22F8N2O5S2/c1-5-9-15(10-6-2,11-7-3)13-16(34(30,31)27(23)24,14(29)17(19,20)12-8-4)18(21,22)35(32,33)28(25)26/h5-8H,1-4,9-13H2. The average molecular weight is 563 g/mol. The largest absolute Gasteiger partial charge is 0.392 e. The predicted octanol–water partition coefficient (Wildman–Crippen LogP) is 5.00. The van der Waals surface area contributed by atoms with E-state index >= 15 is 8.78 Å². The Hall–Kier alpha value is -2.11. The minimum Gasteiger partial charge on any atom is -0.291 e. The summed E-state index contributed by atoms with van der Waals surface area (Å²) in [4.78, 5) is 12.8. The Balaban J connectivity index is 8.21. The van der Waals surface area contributed by atoms with Crippen molar-refractivity contribution in [1.29, 1.82) is 0 Å². The van der Waals surface area contributed by atoms with Gasteiger partial charge in [0.1, 0.15) is 9.50 Å². The molecule has 0 amide bonds. The van der Waals surface area contributed by atoms with Crippen molar-refractivity contribution in [2.75, 3.05) is 0 Å². The number of alkyl halides is 4. The average Bonchev–Trinajstić information content (AvgIpc) is 2.71. The highest BCUT2D eigenvalue weighted by Crippen LogP contribution is 2.55. The molecule has 7 nitrogen and oxygen atoms in total. The third-order valence-corrected chi connectivity index (χ3v) is 8.37. The number of rotatable bonds is 17. The minimum atomic E-state index is -7.62. The lowest BCUT2D eigenvalue weighted by Crippen LogP contribution is -2.70. The maximum Gasteiger partial charge on any atom is 0.392 e. The number of Topliss-reactive ketones (excluding diaryl/α,β-unsaturated/α-hetero) is 1. The van der Waals surface area contributed by atoms with Crippen LogP contribution in [0.5, 0.6) is 0 Å². The Bertz CT molecular complexity index is 1020. The van der Waals surface area contributed by atoms with Crippen LogP contribution in [0.3, 0.4) is 0 Å². The second-order valence-corrected chi connectivity index (χ2v) is 11.0. The molecule has 0 N–H and O–H groups in total. The zero-order valence-electron chi connectivity index (χ0n) is 17.9. The Morgan fingerprint density at radius 3 is 1.31 bits per heavy atom. The number of halogens is 8. The van der Waals surface area contributed by atoms with Crippen molar-refractivity contribution in [3.05, 3.63) is 50.6 Å². The van der Waals surface area contributed by atoms with Crippen LogP contribution in [0.1, 0.15) is 32.1 Å². The van der Waals surface area contributed by atoms with Crippen molar-refractivity contribution in [2.24, 2.45) is 5.41 Å². The highest BCUT2D eigenvalue weighted by molar-refractivity contribution is 7.95. The first-order valence-electron chi connectivity index (χ1n) is 9.21. The molecule has 0 heterocycles. The van der Waals surface area contributed by atoms with Crippen LogP contribution in [-0.4, -0.2) is 48.0 Å². The second kappa shape index (κ2) is 11.3. The van der Waals surface area contributed by atoms with Crippen molar-refractivity contribution in [1.82, 2.24) is 9.50 Å². The molecule has 0 aromatic heterocycles. The Morgan fingerprint density at radius 2 is 1.03 bits per heavy atom. The zero-order chi connectivity index (χ0) is 28.1. The summed E-state index contributed by atoms with van der Waals surface area (Å²) >= 11 is 0. The SMILES string of the molecule is C=CCC(CC=C)(CC=C)CC(C(=O)C(F)(F)CC=C)(C(F)(F)S(=O)(=O)N(F)F)S(=O)(=O)N(F)F. The highest BCUT2D eigenvalue weighted by Gasteiger charge is 2.81. The van der Waals surface area contributed by atoms with Crippen LogP contribution in [-0.2, 0) is 24.8 Å². The van der Waals surface area contributed by atoms with E-state index in [-0.39, 0.29) is 6.08 Å². The molecule has 0 aromatic rings. The molecule has 0 fully saturated rings. The molecular formula is C18H22F8N2O5S2. The molecule has 0 aliphatic heterocycles. The number of carbonyl (C=O) groups excluding carboxylic acids is 1. The lowest BCUT2D eigenvalue weighted by Gasteiger charge is -2.44. The van der Waals surface area contributed by atoms with Gasteiger partial charge in [-0.15, -0.1) is 26.3 Å². The monoisotopic (exact) mass is 562 g/mol. The topological polar surface area (TPSA) is 91.8 Å². The van der Waals surface area contributed by atoms with Gasteiger partial charge < -0.3 is 0 Å². The molecule has 1 unspecified atom stereocenters. The summed E-state index contributed by atoms with van der Waals surface area (Å²) in [5, 5.41) is -6.75. The van der Waals surface area contributed by atoms with E-state index in [9.17, 15) is 48.3 Å². The van der Waals surface area contributed by atoms with E-state index in [1.807, 2.05) is 0 Å². The summed E-state index contributed by atoms with van der Waals surface area (Å²) in [6.45, 7) is 12.5. The zero-order valence-corrected chi connectivity index (χ0v) is 19.6. The van der Waals surface area contributed by atoms with E-state index in [2.05, 4.69) is 26.3 Å². The summed E-state index contributed by atoms with van der Waals surface area (Å²) in [7, 11) is -15.0. The second-order valence-electron chi connectivity index (χ2n) is 7.38. The fourth-order valence-electron chi connectivity index (χ4n) is 3.57. The highest BCUT2D eigenvalue weighted by atomic mass is 32.2. The lowest BCUT2D eigenvalue weighted by atomic mass is 9.70. The van der Waals surface area contributed by atoms with Crippen molar-refractivity contribution in [3.63, 3.8) is 0 Å². The number of allylic oxidation sites excluding steroid dienone is 4. The third-order valence-electron chi connectivity index (χ3n) is 5.05. The molecule has 0 aliphatic rings. The first-order chi connectivity index (χ1) is 15.7. The molecule has 0 saturated carbocycles. The quantitative estimate of drug-likeness (QED) is 0.141. The number of sulfonamides is 2. The molecule has 0 saturated heterocycles. The van der Waals surface area contributed by atoms with Crippen LogP contribution in [0.2, 0.25) is 0 Å². The van der Waals surface area contributed by atoms with Gasteiger partial charge in [0.15, 0.2) is 0 Å². The van der Waals surface area contributed by atoms with E-state index < -0.39 is 88.8 Å². The van der Waals surface area contributed by atoms with Gasteiger partial charge in [0, 0.05) is 6.42 Å². The molecule has 1 atom stereocenters. The first-order valence-corrected chi connectivity index (χ1v) is 12.1. The van der Waals surface area contributed by atoms with Gasteiger partial charge in [-0.1, -0.05) is 42.2 Å². The molecule has 0 radical (unpaired) electrons. The minimum absolute atomic E-state index is 0.214. The number of nitrogens with zero attached hydrogens (tertiary/aromatic N) is 2. The predicted molar refractivity (Wildman–Crippen MR) is 110 cm³/mol. The summed E-state index contributed by atoms with van der Waals surface area (Å²) in [6.07, 6.45) is -3.36. The van der Waals surface area contributed by atoms with E-state index in [0.717, 1.165) is 18.2 Å². The molecular weight excluding hydrogens is 540 g/mol. The van der Waals surface area contributed by atoms with Crippen molar-refractivity contribution in [3.8, 4) is 0 Å². The summed E-state index contributed by atoms with van der Waals surface area (Å²) in [6, 6.07) is 0. The Kier molecular flexibility index (Phi) is 10.6. The van der Waals surface area contributed by atoms with E-state index in [1.54, 1.807) is 0 Å². The summed E-state index contributed by atoms with van der Waals surface area (Å²) < 4.78 is 150. The normalized spacial score (nSPS) is 15.5. The van der Waals surface area contributed by atoms with E-state index in [1.165, 1.54) is 0 Å². The van der Waals surface area contributed by atoms with Gasteiger partial charge in [-0.25, -0.2) is 16.8 Å². The smallest absolute Gasteiger partial charge is 0.291 e. The summed E-state index contributed by atoms with van der Waals surface area (Å²) in [5.74, 6) is -8.84. The van der Waals surface area contributed by atoms with Gasteiger partial charge in [-0.2, -0.15) is 17.6 Å². The van der Waals surface area contributed by atoms with Gasteiger partial charge in [0.25, 0.3) is 10.0 Å². The fourth-order valence-corrected chi connectivity index (χ4v) is 6.36. The molecule has 17 heteroatoms. The van der Waals surface area contributed by atoms with Gasteiger partial charge in [0.2, 0.25) is 10.5 Å². The fraction of sp³-hybridized carbons (Fsp3) is 0.500. The van der Waals surface area contributed by atoms with Crippen LogP contribution in [0.25, 0.3) is 0 Å². The number of ketones is 1. The van der Waals surface area contributed by atoms with Gasteiger partial charge >= 0.3 is 21.2 Å². The van der Waals surface area contributed by atoms with Crippen molar-refractivity contribution < 1.29 is 57.1 Å². The number of carbonyl (C=O) groups is 1. The number of hydrogen-bond acceptors (Lipinski definition) is 5. The van der Waals surface area contributed by atoms with Crippen LogP contribution in [0, 0.1) is 5.41 Å². The molecule has 0 rings (SSSR count). The lowest BCUT2D eigenvalue weighted by molar-refractivity contribution is -0.157. The van der Waals surface area contributed by atoms with Crippen LogP contribution in [0.15, 0.2) is 50.6 Å². The third kappa shape index (κ3) is 5.67. The van der Waals surface area contributed by atoms with Crippen molar-refractivity contribution >= 4 is 25.8 Å². The maximum absolute atomic E-state index is 15.4. The molecule has 35 heavy (non-hydrogen) atoms. The summed E-state index contributed by atoms with van der Waals surface area (Å²) in [5.41, 5.74) is -2.25.